The zero-order valence-corrected chi connectivity index (χ0v) is 17.7. The van der Waals surface area contributed by atoms with Gasteiger partial charge in [-0.25, -0.2) is 5.43 Å². The number of piperidine rings is 1. The summed E-state index contributed by atoms with van der Waals surface area (Å²) < 4.78 is 6.03. The van der Waals surface area contributed by atoms with E-state index in [1.165, 1.54) is 0 Å². The van der Waals surface area contributed by atoms with Crippen LogP contribution in [0.5, 0.6) is 0 Å². The minimum Gasteiger partial charge on any atom is -0.455 e. The van der Waals surface area contributed by atoms with Crippen LogP contribution in [-0.4, -0.2) is 35.5 Å². The van der Waals surface area contributed by atoms with Crippen LogP contribution in [0.4, 0.5) is 0 Å². The molecule has 0 saturated carbocycles. The number of hydrazone groups is 1. The molecule has 1 fully saturated rings. The molecule has 1 aliphatic heterocycles. The summed E-state index contributed by atoms with van der Waals surface area (Å²) in [5, 5.41) is 4.41. The third kappa shape index (κ3) is 4.32. The summed E-state index contributed by atoms with van der Waals surface area (Å²) in [6.07, 6.45) is 4.79. The molecule has 6 heteroatoms. The molecule has 1 aromatic carbocycles. The highest BCUT2D eigenvalue weighted by Gasteiger charge is 2.31. The summed E-state index contributed by atoms with van der Waals surface area (Å²) >= 11 is 0. The van der Waals surface area contributed by atoms with Crippen LogP contribution in [0.15, 0.2) is 39.9 Å². The summed E-state index contributed by atoms with van der Waals surface area (Å²) in [5.41, 5.74) is 6.17. The standard InChI is InChI=1S/C24H29N3O3/c1-16-11-13-27(14-12-16)24(29)23-17(2)22-19(9-6-10-20(22)30-23)25-26-21(28)15-18-7-4-3-5-8-18/h3-5,7-8,16H,6,9-15H2,1-2H3,(H,26,28)/b25-19+. The highest BCUT2D eigenvalue weighted by Crippen LogP contribution is 2.31. The number of carbonyl (C=O) groups excluding carboxylic acids is 2. The molecule has 0 radical (unpaired) electrons. The van der Waals surface area contributed by atoms with Crippen LogP contribution in [-0.2, 0) is 17.6 Å². The number of nitrogens with zero attached hydrogens (tertiary/aromatic N) is 2. The molecule has 2 amide bonds. The predicted octanol–water partition coefficient (Wildman–Crippen LogP) is 3.86. The van der Waals surface area contributed by atoms with Gasteiger partial charge in [-0.05, 0) is 44.1 Å². The van der Waals surface area contributed by atoms with Gasteiger partial charge in [0.1, 0.15) is 5.76 Å². The molecule has 2 aliphatic rings. The van der Waals surface area contributed by atoms with Gasteiger partial charge in [-0.1, -0.05) is 37.3 Å². The van der Waals surface area contributed by atoms with E-state index < -0.39 is 0 Å². The van der Waals surface area contributed by atoms with Crippen molar-refractivity contribution >= 4 is 17.5 Å². The lowest BCUT2D eigenvalue weighted by molar-refractivity contribution is -0.120. The zero-order chi connectivity index (χ0) is 21.1. The van der Waals surface area contributed by atoms with Crippen LogP contribution in [0, 0.1) is 12.8 Å². The van der Waals surface area contributed by atoms with Gasteiger partial charge in [0.05, 0.1) is 12.1 Å². The van der Waals surface area contributed by atoms with Crippen molar-refractivity contribution in [2.45, 2.75) is 52.4 Å². The number of nitrogens with one attached hydrogen (secondary N) is 1. The lowest BCUT2D eigenvalue weighted by Crippen LogP contribution is -2.38. The number of aryl methyl sites for hydroxylation is 1. The van der Waals surface area contributed by atoms with E-state index >= 15 is 0 Å². The van der Waals surface area contributed by atoms with Gasteiger partial charge in [-0.3, -0.25) is 9.59 Å². The highest BCUT2D eigenvalue weighted by molar-refractivity contribution is 6.06. The van der Waals surface area contributed by atoms with Gasteiger partial charge in [-0.2, -0.15) is 5.10 Å². The van der Waals surface area contributed by atoms with E-state index in [0.717, 1.165) is 73.4 Å². The summed E-state index contributed by atoms with van der Waals surface area (Å²) in [6, 6.07) is 9.60. The fourth-order valence-corrected chi connectivity index (χ4v) is 4.29. The van der Waals surface area contributed by atoms with Gasteiger partial charge in [0.25, 0.3) is 5.91 Å². The number of carbonyl (C=O) groups is 2. The summed E-state index contributed by atoms with van der Waals surface area (Å²) in [5.74, 6) is 1.73. The molecule has 158 valence electrons. The topological polar surface area (TPSA) is 74.9 Å². The van der Waals surface area contributed by atoms with Gasteiger partial charge in [0.2, 0.25) is 5.91 Å². The zero-order valence-electron chi connectivity index (χ0n) is 17.7. The number of hydrogen-bond donors (Lipinski definition) is 1. The van der Waals surface area contributed by atoms with E-state index in [4.69, 9.17) is 4.42 Å². The Morgan fingerprint density at radius 2 is 1.90 bits per heavy atom. The number of likely N-dealkylation sites (tertiary alicyclic amines) is 1. The Kier molecular flexibility index (Phi) is 6.02. The second-order valence-corrected chi connectivity index (χ2v) is 8.44. The van der Waals surface area contributed by atoms with E-state index in [1.807, 2.05) is 42.2 Å². The first kappa shape index (κ1) is 20.4. The SMILES string of the molecule is Cc1c(C(=O)N2CCC(C)CC2)oc2c1/C(=N/NC(=O)Cc1ccccc1)CCC2. The Bertz CT molecular complexity index is 954. The van der Waals surface area contributed by atoms with Crippen molar-refractivity contribution in [1.82, 2.24) is 10.3 Å². The predicted molar refractivity (Wildman–Crippen MR) is 116 cm³/mol. The van der Waals surface area contributed by atoms with Crippen molar-refractivity contribution in [2.24, 2.45) is 11.0 Å². The summed E-state index contributed by atoms with van der Waals surface area (Å²) in [6.45, 7) is 5.71. The van der Waals surface area contributed by atoms with E-state index in [1.54, 1.807) is 0 Å². The molecule has 1 aliphatic carbocycles. The number of furan rings is 1. The molecule has 1 N–H and O–H groups in total. The molecule has 1 aromatic heterocycles. The minimum absolute atomic E-state index is 0.0266. The molecule has 2 heterocycles. The molecule has 0 spiro atoms. The van der Waals surface area contributed by atoms with Crippen molar-refractivity contribution in [3.63, 3.8) is 0 Å². The number of fused-ring (bicyclic) bond motifs is 1. The third-order valence-electron chi connectivity index (χ3n) is 6.11. The summed E-state index contributed by atoms with van der Waals surface area (Å²) in [7, 11) is 0. The fraction of sp³-hybridized carbons (Fsp3) is 0.458. The first-order chi connectivity index (χ1) is 14.5. The molecular weight excluding hydrogens is 378 g/mol. The third-order valence-corrected chi connectivity index (χ3v) is 6.11. The van der Waals surface area contributed by atoms with Gasteiger partial charge in [0.15, 0.2) is 5.76 Å². The quantitative estimate of drug-likeness (QED) is 0.782. The van der Waals surface area contributed by atoms with E-state index in [-0.39, 0.29) is 18.2 Å². The lowest BCUT2D eigenvalue weighted by atomic mass is 9.93. The average molecular weight is 408 g/mol. The Labute approximate surface area is 177 Å². The molecule has 2 aromatic rings. The van der Waals surface area contributed by atoms with Crippen molar-refractivity contribution in [2.75, 3.05) is 13.1 Å². The van der Waals surface area contributed by atoms with Crippen molar-refractivity contribution < 1.29 is 14.0 Å². The van der Waals surface area contributed by atoms with Gasteiger partial charge in [0, 0.05) is 30.6 Å². The monoisotopic (exact) mass is 407 g/mol. The van der Waals surface area contributed by atoms with Crippen LogP contribution in [0.1, 0.15) is 65.6 Å². The molecular formula is C24H29N3O3. The van der Waals surface area contributed by atoms with Crippen molar-refractivity contribution in [1.29, 1.82) is 0 Å². The normalized spacial score (nSPS) is 18.3. The minimum atomic E-state index is -0.152. The lowest BCUT2D eigenvalue weighted by Gasteiger charge is -2.29. The van der Waals surface area contributed by atoms with Crippen molar-refractivity contribution in [3.8, 4) is 0 Å². The molecule has 0 bridgehead atoms. The second kappa shape index (κ2) is 8.86. The van der Waals surface area contributed by atoms with E-state index in [9.17, 15) is 9.59 Å². The number of rotatable bonds is 4. The Balaban J connectivity index is 1.50. The smallest absolute Gasteiger partial charge is 0.289 e. The maximum Gasteiger partial charge on any atom is 0.289 e. The largest absolute Gasteiger partial charge is 0.455 e. The fourth-order valence-electron chi connectivity index (χ4n) is 4.29. The van der Waals surface area contributed by atoms with E-state index in [0.29, 0.717) is 11.7 Å². The maximum atomic E-state index is 13.0. The highest BCUT2D eigenvalue weighted by atomic mass is 16.4. The van der Waals surface area contributed by atoms with Crippen LogP contribution < -0.4 is 5.43 Å². The Morgan fingerprint density at radius 1 is 1.17 bits per heavy atom. The molecule has 0 unspecified atom stereocenters. The van der Waals surface area contributed by atoms with Crippen LogP contribution in [0.2, 0.25) is 0 Å². The van der Waals surface area contributed by atoms with Gasteiger partial charge < -0.3 is 9.32 Å². The Hall–Kier alpha value is -2.89. The average Bonchev–Trinajstić information content (AvgIpc) is 3.10. The van der Waals surface area contributed by atoms with Crippen LogP contribution in [0.3, 0.4) is 0 Å². The molecule has 30 heavy (non-hydrogen) atoms. The first-order valence-electron chi connectivity index (χ1n) is 10.8. The number of hydrogen-bond acceptors (Lipinski definition) is 4. The molecule has 1 saturated heterocycles. The van der Waals surface area contributed by atoms with E-state index in [2.05, 4.69) is 17.5 Å². The van der Waals surface area contributed by atoms with Gasteiger partial charge >= 0.3 is 0 Å². The van der Waals surface area contributed by atoms with Crippen LogP contribution in [0.25, 0.3) is 0 Å². The van der Waals surface area contributed by atoms with Gasteiger partial charge in [-0.15, -0.1) is 0 Å². The summed E-state index contributed by atoms with van der Waals surface area (Å²) in [4.78, 5) is 27.2. The Morgan fingerprint density at radius 3 is 2.63 bits per heavy atom. The molecule has 4 rings (SSSR count). The molecule has 6 nitrogen and oxygen atoms in total. The maximum absolute atomic E-state index is 13.0. The first-order valence-corrected chi connectivity index (χ1v) is 10.8. The second-order valence-electron chi connectivity index (χ2n) is 8.44. The van der Waals surface area contributed by atoms with Crippen molar-refractivity contribution in [3.05, 3.63) is 58.5 Å². The number of amides is 2. The number of benzene rings is 1. The van der Waals surface area contributed by atoms with Crippen LogP contribution >= 0.6 is 0 Å². The molecule has 0 atom stereocenters.